The zero-order chi connectivity index (χ0) is 13.1. The highest BCUT2D eigenvalue weighted by atomic mass is 32.2. The van der Waals surface area contributed by atoms with Gasteiger partial charge in [0, 0.05) is 0 Å². The third-order valence-corrected chi connectivity index (χ3v) is 3.64. The monoisotopic (exact) mass is 278 g/mol. The van der Waals surface area contributed by atoms with E-state index in [1.54, 1.807) is 0 Å². The zero-order valence-corrected chi connectivity index (χ0v) is 10.2. The molecule has 0 aliphatic carbocycles. The Hall–Kier alpha value is -1.38. The van der Waals surface area contributed by atoms with Gasteiger partial charge in [-0.05, 0) is 12.1 Å². The van der Waals surface area contributed by atoms with Crippen molar-refractivity contribution in [2.24, 2.45) is 0 Å². The Bertz CT molecular complexity index is 615. The summed E-state index contributed by atoms with van der Waals surface area (Å²) in [5.74, 6) is -0.913. The Morgan fingerprint density at radius 1 is 1.24 bits per heavy atom. The Balaban J connectivity index is 3.21. The fourth-order valence-corrected chi connectivity index (χ4v) is 2.49. The maximum absolute atomic E-state index is 11.3. The van der Waals surface area contributed by atoms with Crippen LogP contribution in [0.2, 0.25) is 0 Å². The van der Waals surface area contributed by atoms with Gasteiger partial charge in [0.25, 0.3) is 10.1 Å². The molecular weight excluding hydrogens is 268 g/mol. The Morgan fingerprint density at radius 2 is 1.82 bits per heavy atom. The van der Waals surface area contributed by atoms with E-state index in [-0.39, 0.29) is 0 Å². The third kappa shape index (κ3) is 3.84. The van der Waals surface area contributed by atoms with Crippen LogP contribution in [0.4, 0.5) is 0 Å². The first kappa shape index (κ1) is 13.7. The number of rotatable bonds is 5. The van der Waals surface area contributed by atoms with Crippen LogP contribution >= 0.6 is 0 Å². The average molecular weight is 278 g/mol. The molecule has 94 valence electrons. The fraction of sp³-hybridized carbons (Fsp3) is 0.111. The highest BCUT2D eigenvalue weighted by molar-refractivity contribution is 7.87. The first-order chi connectivity index (χ1) is 7.76. The molecule has 0 spiro atoms. The molecule has 8 heteroatoms. The Kier molecular flexibility index (Phi) is 3.91. The first-order valence-corrected chi connectivity index (χ1v) is 7.37. The zero-order valence-electron chi connectivity index (χ0n) is 8.61. The van der Waals surface area contributed by atoms with E-state index in [0.717, 1.165) is 18.2 Å². The molecule has 0 fully saturated rings. The van der Waals surface area contributed by atoms with Gasteiger partial charge in [-0.25, -0.2) is 0 Å². The molecule has 17 heavy (non-hydrogen) atoms. The number of hydrogen-bond acceptors (Lipinski definition) is 5. The van der Waals surface area contributed by atoms with E-state index in [0.29, 0.717) is 0 Å². The molecule has 0 atom stereocenters. The average Bonchev–Trinajstić information content (AvgIpc) is 2.15. The van der Waals surface area contributed by atoms with Crippen molar-refractivity contribution in [3.8, 4) is 5.75 Å². The molecule has 0 amide bonds. The lowest BCUT2D eigenvalue weighted by Crippen LogP contribution is -2.14. The van der Waals surface area contributed by atoms with Crippen LogP contribution in [-0.4, -0.2) is 27.1 Å². The van der Waals surface area contributed by atoms with Crippen molar-refractivity contribution in [3.05, 3.63) is 36.9 Å². The summed E-state index contributed by atoms with van der Waals surface area (Å²) < 4.78 is 58.0. The molecule has 1 rings (SSSR count). The second-order valence-corrected chi connectivity index (χ2v) is 6.02. The van der Waals surface area contributed by atoms with Crippen LogP contribution in [0.25, 0.3) is 0 Å². The second-order valence-electron chi connectivity index (χ2n) is 3.02. The van der Waals surface area contributed by atoms with E-state index >= 15 is 0 Å². The largest absolute Gasteiger partial charge is 0.381 e. The molecule has 0 radical (unpaired) electrons. The summed E-state index contributed by atoms with van der Waals surface area (Å²) in [5, 5.41) is 0. The first-order valence-electron chi connectivity index (χ1n) is 4.36. The quantitative estimate of drug-likeness (QED) is 0.486. The van der Waals surface area contributed by atoms with Gasteiger partial charge in [-0.3, -0.25) is 4.55 Å². The Labute approximate surface area is 99.4 Å². The third-order valence-electron chi connectivity index (χ3n) is 1.67. The van der Waals surface area contributed by atoms with Crippen molar-refractivity contribution in [1.29, 1.82) is 0 Å². The van der Waals surface area contributed by atoms with Gasteiger partial charge in [0.05, 0.1) is 0 Å². The van der Waals surface area contributed by atoms with E-state index < -0.39 is 36.6 Å². The van der Waals surface area contributed by atoms with Crippen LogP contribution in [0.15, 0.2) is 41.8 Å². The van der Waals surface area contributed by atoms with Gasteiger partial charge in [-0.1, -0.05) is 18.2 Å². The molecule has 1 N–H and O–H groups in total. The highest BCUT2D eigenvalue weighted by Crippen LogP contribution is 2.24. The van der Waals surface area contributed by atoms with Crippen molar-refractivity contribution in [1.82, 2.24) is 0 Å². The lowest BCUT2D eigenvalue weighted by atomic mass is 10.3. The molecule has 0 aliphatic rings. The number of hydrogen-bond donors (Lipinski definition) is 1. The molecule has 0 saturated carbocycles. The van der Waals surface area contributed by atoms with E-state index in [1.165, 1.54) is 12.1 Å². The molecule has 0 aromatic heterocycles. The lowest BCUT2D eigenvalue weighted by Gasteiger charge is -2.08. The summed E-state index contributed by atoms with van der Waals surface area (Å²) in [4.78, 5) is -0.604. The molecule has 0 saturated heterocycles. The summed E-state index contributed by atoms with van der Waals surface area (Å²) in [6.45, 7) is 3.23. The van der Waals surface area contributed by atoms with Crippen molar-refractivity contribution < 1.29 is 25.6 Å². The molecule has 0 aliphatic heterocycles. The summed E-state index contributed by atoms with van der Waals surface area (Å²) in [6.07, 6.45) is 1.10. The normalized spacial score (nSPS) is 12.1. The van der Waals surface area contributed by atoms with Gasteiger partial charge < -0.3 is 4.18 Å². The maximum Gasteiger partial charge on any atom is 0.312 e. The lowest BCUT2D eigenvalue weighted by molar-refractivity contribution is 0.465. The second kappa shape index (κ2) is 4.86. The van der Waals surface area contributed by atoms with Gasteiger partial charge >= 0.3 is 10.1 Å². The van der Waals surface area contributed by atoms with Crippen LogP contribution in [0.3, 0.4) is 0 Å². The summed E-state index contributed by atoms with van der Waals surface area (Å²) in [6, 6.07) is 4.88. The van der Waals surface area contributed by atoms with E-state index in [4.69, 9.17) is 4.55 Å². The van der Waals surface area contributed by atoms with Gasteiger partial charge in [-0.2, -0.15) is 16.8 Å². The van der Waals surface area contributed by atoms with E-state index in [9.17, 15) is 16.8 Å². The molecule has 0 heterocycles. The van der Waals surface area contributed by atoms with Crippen LogP contribution in [0.1, 0.15) is 0 Å². The molecule has 0 bridgehead atoms. The predicted molar refractivity (Wildman–Crippen MR) is 60.9 cm³/mol. The van der Waals surface area contributed by atoms with Gasteiger partial charge in [0.2, 0.25) is 0 Å². The number of benzene rings is 1. The van der Waals surface area contributed by atoms with Crippen molar-refractivity contribution in [2.75, 3.05) is 5.75 Å². The van der Waals surface area contributed by atoms with Gasteiger partial charge in [0.1, 0.15) is 10.6 Å². The molecular formula is C9H10O6S2. The summed E-state index contributed by atoms with van der Waals surface area (Å²) in [5.41, 5.74) is 0. The molecule has 0 unspecified atom stereocenters. The SMILES string of the molecule is C=CCS(=O)(=O)Oc1ccccc1S(=O)(=O)O. The summed E-state index contributed by atoms with van der Waals surface area (Å²) >= 11 is 0. The van der Waals surface area contributed by atoms with Crippen molar-refractivity contribution in [2.45, 2.75) is 4.90 Å². The summed E-state index contributed by atoms with van der Waals surface area (Å²) in [7, 11) is -8.50. The highest BCUT2D eigenvalue weighted by Gasteiger charge is 2.20. The van der Waals surface area contributed by atoms with E-state index in [2.05, 4.69) is 10.8 Å². The molecule has 1 aromatic carbocycles. The van der Waals surface area contributed by atoms with Crippen LogP contribution in [0.5, 0.6) is 5.75 Å². The van der Waals surface area contributed by atoms with Crippen molar-refractivity contribution >= 4 is 20.2 Å². The standard InChI is InChI=1S/C9H10O6S2/c1-2-7-16(10,11)15-8-5-3-4-6-9(8)17(12,13)14/h2-6H,1,7H2,(H,12,13,14). The van der Waals surface area contributed by atoms with Crippen LogP contribution in [0, 0.1) is 0 Å². The fourth-order valence-electron chi connectivity index (χ4n) is 1.05. The smallest absolute Gasteiger partial charge is 0.312 e. The minimum absolute atomic E-state index is 0.447. The number of para-hydroxylation sites is 1. The van der Waals surface area contributed by atoms with Gasteiger partial charge in [0.15, 0.2) is 5.75 Å². The minimum Gasteiger partial charge on any atom is -0.381 e. The molecule has 1 aromatic rings. The van der Waals surface area contributed by atoms with Crippen molar-refractivity contribution in [3.63, 3.8) is 0 Å². The van der Waals surface area contributed by atoms with Crippen LogP contribution in [-0.2, 0) is 20.2 Å². The topological polar surface area (TPSA) is 97.7 Å². The molecule has 6 nitrogen and oxygen atoms in total. The van der Waals surface area contributed by atoms with Gasteiger partial charge in [-0.15, -0.1) is 6.58 Å². The van der Waals surface area contributed by atoms with Crippen LogP contribution < -0.4 is 4.18 Å². The van der Waals surface area contributed by atoms with E-state index in [1.807, 2.05) is 0 Å². The maximum atomic E-state index is 11.3. The minimum atomic E-state index is -4.54. The Morgan fingerprint density at radius 3 is 2.35 bits per heavy atom. The predicted octanol–water partition coefficient (Wildman–Crippen LogP) is 0.828.